The van der Waals surface area contributed by atoms with Crippen LogP contribution in [-0.4, -0.2) is 46.3 Å². The molecule has 1 atom stereocenters. The van der Waals surface area contributed by atoms with Crippen LogP contribution >= 0.6 is 11.3 Å². The second kappa shape index (κ2) is 7.12. The molecule has 1 aromatic carbocycles. The van der Waals surface area contributed by atoms with E-state index in [0.717, 1.165) is 33.9 Å². The molecule has 1 unspecified atom stereocenters. The Morgan fingerprint density at radius 2 is 2.26 bits per heavy atom. The lowest BCUT2D eigenvalue weighted by Crippen LogP contribution is -2.32. The van der Waals surface area contributed by atoms with Gasteiger partial charge in [0.15, 0.2) is 0 Å². The van der Waals surface area contributed by atoms with Crippen LogP contribution in [0.15, 0.2) is 35.8 Å². The zero-order valence-corrected chi connectivity index (χ0v) is 14.1. The zero-order chi connectivity index (χ0) is 16.2. The van der Waals surface area contributed by atoms with Gasteiger partial charge in [-0.3, -0.25) is 4.90 Å². The summed E-state index contributed by atoms with van der Waals surface area (Å²) in [5, 5.41) is 14.3. The summed E-state index contributed by atoms with van der Waals surface area (Å²) < 4.78 is 5.78. The van der Waals surface area contributed by atoms with Crippen molar-refractivity contribution in [2.75, 3.05) is 20.2 Å². The van der Waals surface area contributed by atoms with Gasteiger partial charge in [-0.1, -0.05) is 6.07 Å². The van der Waals surface area contributed by atoms with Crippen LogP contribution < -0.4 is 4.74 Å². The van der Waals surface area contributed by atoms with Crippen molar-refractivity contribution in [3.8, 4) is 5.75 Å². The average molecular weight is 331 g/mol. The van der Waals surface area contributed by atoms with E-state index in [0.29, 0.717) is 6.54 Å². The molecular formula is C17H21N3O2S. The number of likely N-dealkylation sites (N-methyl/N-ethyl adjacent to an activating group) is 1. The van der Waals surface area contributed by atoms with Gasteiger partial charge in [-0.05, 0) is 32.2 Å². The SMILES string of the molecule is Cc1csc(CN(C)CC(O)COc2cccc3[nH]ccc23)n1. The maximum Gasteiger partial charge on any atom is 0.128 e. The molecule has 122 valence electrons. The van der Waals surface area contributed by atoms with Gasteiger partial charge in [0.25, 0.3) is 0 Å². The summed E-state index contributed by atoms with van der Waals surface area (Å²) in [5.74, 6) is 0.793. The van der Waals surface area contributed by atoms with E-state index >= 15 is 0 Å². The number of hydrogen-bond donors (Lipinski definition) is 2. The monoisotopic (exact) mass is 331 g/mol. The van der Waals surface area contributed by atoms with Gasteiger partial charge in [-0.2, -0.15) is 0 Å². The number of hydrogen-bond acceptors (Lipinski definition) is 5. The molecule has 2 aromatic heterocycles. The second-order valence-corrected chi connectivity index (χ2v) is 6.68. The van der Waals surface area contributed by atoms with Crippen molar-refractivity contribution in [2.24, 2.45) is 0 Å². The van der Waals surface area contributed by atoms with Crippen molar-refractivity contribution in [2.45, 2.75) is 19.6 Å². The smallest absolute Gasteiger partial charge is 0.128 e. The predicted molar refractivity (Wildman–Crippen MR) is 93.0 cm³/mol. The molecule has 2 heterocycles. The molecule has 0 spiro atoms. The maximum atomic E-state index is 10.2. The van der Waals surface area contributed by atoms with E-state index < -0.39 is 6.10 Å². The molecule has 0 aliphatic carbocycles. The van der Waals surface area contributed by atoms with E-state index in [2.05, 4.69) is 14.9 Å². The first-order chi connectivity index (χ1) is 11.1. The number of rotatable bonds is 7. The standard InChI is InChI=1S/C17H21N3O2S/c1-12-11-23-17(19-12)9-20(2)8-13(21)10-22-16-5-3-4-15-14(16)6-7-18-15/h3-7,11,13,18,21H,8-10H2,1-2H3. The summed E-state index contributed by atoms with van der Waals surface area (Å²) in [4.78, 5) is 9.65. The molecule has 0 amide bonds. The molecule has 0 radical (unpaired) electrons. The molecule has 23 heavy (non-hydrogen) atoms. The van der Waals surface area contributed by atoms with Crippen LogP contribution in [0.4, 0.5) is 0 Å². The Hall–Kier alpha value is -1.89. The number of aromatic nitrogens is 2. The minimum Gasteiger partial charge on any atom is -0.490 e. The highest BCUT2D eigenvalue weighted by molar-refractivity contribution is 7.09. The predicted octanol–water partition coefficient (Wildman–Crippen LogP) is 2.80. The number of aromatic amines is 1. The number of thiazole rings is 1. The average Bonchev–Trinajstić information content (AvgIpc) is 3.14. The minimum atomic E-state index is -0.546. The van der Waals surface area contributed by atoms with Gasteiger partial charge in [0, 0.05) is 34.7 Å². The summed E-state index contributed by atoms with van der Waals surface area (Å²) in [6.07, 6.45) is 1.34. The van der Waals surface area contributed by atoms with Crippen molar-refractivity contribution in [3.05, 3.63) is 46.5 Å². The van der Waals surface area contributed by atoms with E-state index in [-0.39, 0.29) is 6.61 Å². The third-order valence-electron chi connectivity index (χ3n) is 3.58. The van der Waals surface area contributed by atoms with Gasteiger partial charge in [-0.25, -0.2) is 4.98 Å². The van der Waals surface area contributed by atoms with Crippen molar-refractivity contribution in [1.29, 1.82) is 0 Å². The van der Waals surface area contributed by atoms with E-state index in [1.165, 1.54) is 0 Å². The van der Waals surface area contributed by atoms with Crippen LogP contribution in [-0.2, 0) is 6.54 Å². The van der Waals surface area contributed by atoms with Gasteiger partial charge in [0.1, 0.15) is 23.5 Å². The number of nitrogens with zero attached hydrogens (tertiary/aromatic N) is 2. The Kier molecular flexibility index (Phi) is 4.95. The Morgan fingerprint density at radius 1 is 1.39 bits per heavy atom. The van der Waals surface area contributed by atoms with Gasteiger partial charge in [0.2, 0.25) is 0 Å². The quantitative estimate of drug-likeness (QED) is 0.699. The summed E-state index contributed by atoms with van der Waals surface area (Å²) in [6, 6.07) is 7.85. The molecule has 0 fully saturated rings. The van der Waals surface area contributed by atoms with Crippen molar-refractivity contribution < 1.29 is 9.84 Å². The number of aliphatic hydroxyl groups is 1. The molecule has 0 saturated carbocycles. The molecule has 0 saturated heterocycles. The Bertz CT molecular complexity index is 768. The topological polar surface area (TPSA) is 61.4 Å². The zero-order valence-electron chi connectivity index (χ0n) is 13.3. The lowest BCUT2D eigenvalue weighted by molar-refractivity contribution is 0.0749. The van der Waals surface area contributed by atoms with Crippen LogP contribution in [0, 0.1) is 6.92 Å². The van der Waals surface area contributed by atoms with Gasteiger partial charge in [0.05, 0.1) is 6.54 Å². The number of benzene rings is 1. The number of nitrogens with one attached hydrogen (secondary N) is 1. The first-order valence-corrected chi connectivity index (χ1v) is 8.46. The summed E-state index contributed by atoms with van der Waals surface area (Å²) in [7, 11) is 1.98. The van der Waals surface area contributed by atoms with E-state index in [9.17, 15) is 5.11 Å². The Labute approximate surface area is 139 Å². The fourth-order valence-electron chi connectivity index (χ4n) is 2.55. The molecule has 3 aromatic rings. The fraction of sp³-hybridized carbons (Fsp3) is 0.353. The number of aliphatic hydroxyl groups excluding tert-OH is 1. The molecule has 5 nitrogen and oxygen atoms in total. The van der Waals surface area contributed by atoms with Gasteiger partial charge >= 0.3 is 0 Å². The highest BCUT2D eigenvalue weighted by Gasteiger charge is 2.12. The third-order valence-corrected chi connectivity index (χ3v) is 4.53. The van der Waals surface area contributed by atoms with Crippen molar-refractivity contribution in [1.82, 2.24) is 14.9 Å². The molecule has 0 aliphatic rings. The number of fused-ring (bicyclic) bond motifs is 1. The molecule has 6 heteroatoms. The first kappa shape index (κ1) is 16.0. The summed E-state index contributed by atoms with van der Waals surface area (Å²) in [5.41, 5.74) is 2.08. The molecule has 0 aliphatic heterocycles. The van der Waals surface area contributed by atoms with Crippen LogP contribution in [0.5, 0.6) is 5.75 Å². The van der Waals surface area contributed by atoms with Gasteiger partial charge in [-0.15, -0.1) is 11.3 Å². The maximum absolute atomic E-state index is 10.2. The summed E-state index contributed by atoms with van der Waals surface area (Å²) in [6.45, 7) is 3.54. The molecule has 3 rings (SSSR count). The first-order valence-electron chi connectivity index (χ1n) is 7.58. The highest BCUT2D eigenvalue weighted by Crippen LogP contribution is 2.24. The number of H-pyrrole nitrogens is 1. The molecule has 2 N–H and O–H groups in total. The normalized spacial score (nSPS) is 12.9. The second-order valence-electron chi connectivity index (χ2n) is 5.74. The van der Waals surface area contributed by atoms with Crippen LogP contribution in [0.3, 0.4) is 0 Å². The van der Waals surface area contributed by atoms with Gasteiger partial charge < -0.3 is 14.8 Å². The molecular weight excluding hydrogens is 310 g/mol. The fourth-order valence-corrected chi connectivity index (χ4v) is 3.40. The third kappa shape index (κ3) is 4.10. The van der Waals surface area contributed by atoms with Crippen LogP contribution in [0.1, 0.15) is 10.7 Å². The summed E-state index contributed by atoms with van der Waals surface area (Å²) >= 11 is 1.65. The van der Waals surface area contributed by atoms with Crippen molar-refractivity contribution >= 4 is 22.2 Å². The van der Waals surface area contributed by atoms with Crippen LogP contribution in [0.2, 0.25) is 0 Å². The minimum absolute atomic E-state index is 0.269. The molecule has 0 bridgehead atoms. The van der Waals surface area contributed by atoms with Crippen molar-refractivity contribution in [3.63, 3.8) is 0 Å². The largest absolute Gasteiger partial charge is 0.490 e. The Balaban J connectivity index is 1.51. The van der Waals surface area contributed by atoms with E-state index in [1.54, 1.807) is 11.3 Å². The highest BCUT2D eigenvalue weighted by atomic mass is 32.1. The number of aryl methyl sites for hydroxylation is 1. The van der Waals surface area contributed by atoms with Crippen LogP contribution in [0.25, 0.3) is 10.9 Å². The lowest BCUT2D eigenvalue weighted by atomic mass is 10.2. The van der Waals surface area contributed by atoms with E-state index in [1.807, 2.05) is 49.8 Å². The Morgan fingerprint density at radius 3 is 3.04 bits per heavy atom. The number of ether oxygens (including phenoxy) is 1. The van der Waals surface area contributed by atoms with E-state index in [4.69, 9.17) is 4.74 Å². The lowest BCUT2D eigenvalue weighted by Gasteiger charge is -2.20.